The van der Waals surface area contributed by atoms with Gasteiger partial charge in [-0.25, -0.2) is 8.78 Å². The van der Waals surface area contributed by atoms with Gasteiger partial charge in [0, 0.05) is 16.3 Å². The van der Waals surface area contributed by atoms with Crippen molar-refractivity contribution in [2.24, 2.45) is 5.92 Å². The van der Waals surface area contributed by atoms with Crippen molar-refractivity contribution < 1.29 is 13.2 Å². The Morgan fingerprint density at radius 3 is 2.16 bits per heavy atom. The number of aryl methyl sites for hydroxylation is 1. The van der Waals surface area contributed by atoms with Crippen LogP contribution in [0, 0.1) is 24.5 Å². The minimum atomic E-state index is -0.396. The van der Waals surface area contributed by atoms with Crippen molar-refractivity contribution >= 4 is 72.5 Å². The molecule has 0 aliphatic carbocycles. The molecule has 2 heterocycles. The number of hydrogen-bond acceptors (Lipinski definition) is 2. The summed E-state index contributed by atoms with van der Waals surface area (Å²) >= 11 is 0. The van der Waals surface area contributed by atoms with Crippen molar-refractivity contribution in [3.05, 3.63) is 108 Å². The Balaban J connectivity index is 1.55. The van der Waals surface area contributed by atoms with Gasteiger partial charge in [-0.15, -0.1) is 0 Å². The molecule has 0 amide bonds. The van der Waals surface area contributed by atoms with Gasteiger partial charge in [0.2, 0.25) is 0 Å². The first-order valence-electron chi connectivity index (χ1n) is 14.8. The van der Waals surface area contributed by atoms with Crippen molar-refractivity contribution in [3.8, 4) is 22.4 Å². The third-order valence-electron chi connectivity index (χ3n) is 9.58. The molecule has 0 fully saturated rings. The normalized spacial score (nSPS) is 12.3. The number of furan rings is 1. The van der Waals surface area contributed by atoms with Crippen LogP contribution in [0.25, 0.3) is 65.9 Å². The van der Waals surface area contributed by atoms with Gasteiger partial charge < -0.3 is 4.42 Å². The van der Waals surface area contributed by atoms with E-state index in [-0.39, 0.29) is 17.6 Å². The molecule has 0 N–H and O–H groups in total. The van der Waals surface area contributed by atoms with E-state index in [2.05, 4.69) is 63.9 Å². The van der Waals surface area contributed by atoms with Crippen LogP contribution in [0.4, 0.5) is 8.78 Å². The fourth-order valence-electron chi connectivity index (χ4n) is 6.46. The quantitative estimate of drug-likeness (QED) is 0.180. The first kappa shape index (κ1) is 27.5. The van der Waals surface area contributed by atoms with Crippen LogP contribution in [0.2, 0.25) is 0 Å². The maximum Gasteiger partial charge on any atom is 0.146 e. The summed E-state index contributed by atoms with van der Waals surface area (Å²) in [5.74, 6) is -0.444. The molecule has 2 aromatic heterocycles. The summed E-state index contributed by atoms with van der Waals surface area (Å²) in [5, 5.41) is 5.58. The second-order valence-electron chi connectivity index (χ2n) is 12.6. The molecule has 7 aromatic rings. The summed E-state index contributed by atoms with van der Waals surface area (Å²) in [5.41, 5.74) is 6.52. The Bertz CT molecular complexity index is 2250. The second kappa shape index (κ2) is 9.84. The van der Waals surface area contributed by atoms with E-state index in [4.69, 9.17) is 4.42 Å². The predicted molar refractivity (Wildman–Crippen MR) is 184 cm³/mol. The van der Waals surface area contributed by atoms with Gasteiger partial charge in [0.1, 0.15) is 46.3 Å². The van der Waals surface area contributed by atoms with Crippen LogP contribution in [0.1, 0.15) is 25.0 Å². The second-order valence-corrected chi connectivity index (χ2v) is 12.6. The SMILES string of the molecule is Bc1c(-c2c(F)ccc3c2oc2c(-c4cc(C(B)(B)C(C)C)c(F)cn4)cccc23)c2ccccc2c2ccc(C)cc12. The van der Waals surface area contributed by atoms with Gasteiger partial charge in [-0.2, -0.15) is 0 Å². The molecule has 0 radical (unpaired) electrons. The summed E-state index contributed by atoms with van der Waals surface area (Å²) < 4.78 is 37.9. The zero-order chi connectivity index (χ0) is 30.2. The molecular formula is C36H30B3F2NO. The largest absolute Gasteiger partial charge is 0.455 e. The predicted octanol–water partition coefficient (Wildman–Crippen LogP) is 6.54. The van der Waals surface area contributed by atoms with E-state index in [0.29, 0.717) is 28.0 Å². The van der Waals surface area contributed by atoms with Crippen molar-refractivity contribution in [2.75, 3.05) is 0 Å². The fourth-order valence-corrected chi connectivity index (χ4v) is 6.46. The lowest BCUT2D eigenvalue weighted by Crippen LogP contribution is -2.34. The van der Waals surface area contributed by atoms with Crippen molar-refractivity contribution in [2.45, 2.75) is 26.0 Å². The van der Waals surface area contributed by atoms with Crippen molar-refractivity contribution in [3.63, 3.8) is 0 Å². The van der Waals surface area contributed by atoms with E-state index in [1.165, 1.54) is 12.3 Å². The van der Waals surface area contributed by atoms with Crippen LogP contribution in [-0.4, -0.2) is 28.5 Å². The Morgan fingerprint density at radius 2 is 1.40 bits per heavy atom. The molecular weight excluding hydrogens is 533 g/mol. The first-order chi connectivity index (χ1) is 20.6. The van der Waals surface area contributed by atoms with Gasteiger partial charge in [0.05, 0.1) is 17.5 Å². The van der Waals surface area contributed by atoms with E-state index >= 15 is 8.78 Å². The molecule has 5 aromatic carbocycles. The van der Waals surface area contributed by atoms with Gasteiger partial charge in [0.15, 0.2) is 0 Å². The van der Waals surface area contributed by atoms with Gasteiger partial charge in [0.25, 0.3) is 0 Å². The Hall–Kier alpha value is -4.38. The molecule has 2 nitrogen and oxygen atoms in total. The number of rotatable bonds is 4. The maximum atomic E-state index is 16.1. The van der Waals surface area contributed by atoms with E-state index in [1.807, 2.05) is 52.1 Å². The number of aromatic nitrogens is 1. The molecule has 7 heteroatoms. The molecule has 7 rings (SSSR count). The molecule has 0 unspecified atom stereocenters. The summed E-state index contributed by atoms with van der Waals surface area (Å²) in [4.78, 5) is 4.49. The maximum absolute atomic E-state index is 16.1. The van der Waals surface area contributed by atoms with Gasteiger partial charge in [-0.3, -0.25) is 4.98 Å². The van der Waals surface area contributed by atoms with Gasteiger partial charge >= 0.3 is 0 Å². The van der Waals surface area contributed by atoms with Crippen molar-refractivity contribution in [1.82, 2.24) is 4.98 Å². The van der Waals surface area contributed by atoms with E-state index in [1.54, 1.807) is 6.07 Å². The highest BCUT2D eigenvalue weighted by Crippen LogP contribution is 2.43. The Kier molecular flexibility index (Phi) is 6.28. The van der Waals surface area contributed by atoms with E-state index in [9.17, 15) is 0 Å². The van der Waals surface area contributed by atoms with Gasteiger partial charge in [-0.1, -0.05) is 90.6 Å². The molecule has 0 spiro atoms. The molecule has 43 heavy (non-hydrogen) atoms. The first-order valence-corrected chi connectivity index (χ1v) is 14.8. The Labute approximate surface area is 252 Å². The highest BCUT2D eigenvalue weighted by atomic mass is 19.1. The molecule has 208 valence electrons. The highest BCUT2D eigenvalue weighted by molar-refractivity contribution is 6.46. The number of benzene rings is 5. The number of pyridine rings is 1. The number of nitrogens with zero attached hydrogens (tertiary/aromatic N) is 1. The monoisotopic (exact) mass is 563 g/mol. The van der Waals surface area contributed by atoms with Crippen LogP contribution >= 0.6 is 0 Å². The molecule has 0 atom stereocenters. The van der Waals surface area contributed by atoms with Crippen molar-refractivity contribution in [1.29, 1.82) is 0 Å². The van der Waals surface area contributed by atoms with Crippen LogP contribution in [-0.2, 0) is 5.21 Å². The van der Waals surface area contributed by atoms with Crippen LogP contribution in [0.3, 0.4) is 0 Å². The summed E-state index contributed by atoms with van der Waals surface area (Å²) in [6, 6.07) is 25.7. The number of fused-ring (bicyclic) bond motifs is 6. The fraction of sp³-hybridized carbons (Fsp3) is 0.139. The van der Waals surface area contributed by atoms with Crippen LogP contribution < -0.4 is 5.46 Å². The van der Waals surface area contributed by atoms with Crippen LogP contribution in [0.15, 0.2) is 89.5 Å². The number of halogens is 2. The Morgan fingerprint density at radius 1 is 0.721 bits per heavy atom. The standard InChI is InChI=1S/C36H30B3F2NO/c1-18(2)36(38,39)27-16-30(42-17-29(27)41)25-10-6-9-23-24-13-14-28(40)32(35(24)43-34(23)25)31-22-8-5-4-7-20(22)21-12-11-19(3)15-26(21)33(31)37/h4-18H,37-39H2,1-3H3. The molecule has 0 saturated carbocycles. The lowest BCUT2D eigenvalue weighted by Gasteiger charge is -2.30. The van der Waals surface area contributed by atoms with Crippen LogP contribution in [0.5, 0.6) is 0 Å². The smallest absolute Gasteiger partial charge is 0.146 e. The average molecular weight is 563 g/mol. The zero-order valence-corrected chi connectivity index (χ0v) is 25.3. The molecule has 0 bridgehead atoms. The van der Waals surface area contributed by atoms with E-state index < -0.39 is 5.21 Å². The topological polar surface area (TPSA) is 26.0 Å². The third kappa shape index (κ3) is 4.12. The number of para-hydroxylation sites is 1. The third-order valence-corrected chi connectivity index (χ3v) is 9.58. The minimum absolute atomic E-state index is 0.216. The average Bonchev–Trinajstić information content (AvgIpc) is 3.37. The molecule has 0 aliphatic heterocycles. The van der Waals surface area contributed by atoms with Gasteiger partial charge in [-0.05, 0) is 63.9 Å². The molecule has 0 aliphatic rings. The summed E-state index contributed by atoms with van der Waals surface area (Å²) in [6.45, 7) is 6.26. The zero-order valence-electron chi connectivity index (χ0n) is 25.3. The summed E-state index contributed by atoms with van der Waals surface area (Å²) in [6.07, 6.45) is 1.30. The van der Waals surface area contributed by atoms with E-state index in [0.717, 1.165) is 54.5 Å². The minimum Gasteiger partial charge on any atom is -0.455 e. The number of hydrogen-bond donors (Lipinski definition) is 0. The lowest BCUT2D eigenvalue weighted by atomic mass is 9.46. The highest BCUT2D eigenvalue weighted by Gasteiger charge is 2.29. The molecule has 0 saturated heterocycles. The summed E-state index contributed by atoms with van der Waals surface area (Å²) in [7, 11) is 6.17. The lowest BCUT2D eigenvalue weighted by molar-refractivity contribution is 0.525.